The third-order valence-corrected chi connectivity index (χ3v) is 4.17. The van der Waals surface area contributed by atoms with Gasteiger partial charge in [-0.2, -0.15) is 0 Å². The van der Waals surface area contributed by atoms with Crippen LogP contribution in [0.4, 0.5) is 0 Å². The van der Waals surface area contributed by atoms with Gasteiger partial charge in [-0.25, -0.2) is 4.98 Å². The Bertz CT molecular complexity index is 476. The highest BCUT2D eigenvalue weighted by molar-refractivity contribution is 9.11. The zero-order valence-corrected chi connectivity index (χ0v) is 11.7. The molecule has 84 valence electrons. The summed E-state index contributed by atoms with van der Waals surface area (Å²) in [6.07, 6.45) is 0. The van der Waals surface area contributed by atoms with Gasteiger partial charge in [-0.05, 0) is 29.9 Å². The Labute approximate surface area is 108 Å². The van der Waals surface area contributed by atoms with Crippen molar-refractivity contribution in [2.45, 2.75) is 13.5 Å². The summed E-state index contributed by atoms with van der Waals surface area (Å²) in [5, 5.41) is 4.18. The maximum atomic E-state index is 4.61. The van der Waals surface area contributed by atoms with Gasteiger partial charge in [0, 0.05) is 12.1 Å². The van der Waals surface area contributed by atoms with Gasteiger partial charge in [0.05, 0.1) is 9.48 Å². The fourth-order valence-electron chi connectivity index (χ4n) is 1.43. The van der Waals surface area contributed by atoms with E-state index < -0.39 is 0 Å². The van der Waals surface area contributed by atoms with Crippen LogP contribution in [-0.2, 0) is 6.54 Å². The number of benzene rings is 1. The first-order valence-electron chi connectivity index (χ1n) is 5.07. The third-order valence-electron chi connectivity index (χ3n) is 2.29. The van der Waals surface area contributed by atoms with E-state index in [0.29, 0.717) is 0 Å². The number of rotatable bonds is 3. The fraction of sp³-hybridized carbons (Fsp3) is 0.250. The number of hydrogen-bond donors (Lipinski definition) is 1. The standard InChI is InChI=1S/C12H13BrN2S/c1-8-3-5-9(6-4-8)12-15-10(7-14-2)11(13)16-12/h3-6,14H,7H2,1-2H3. The molecule has 0 fully saturated rings. The molecule has 1 aromatic heterocycles. The second kappa shape index (κ2) is 5.08. The zero-order chi connectivity index (χ0) is 11.5. The summed E-state index contributed by atoms with van der Waals surface area (Å²) in [4.78, 5) is 4.61. The highest BCUT2D eigenvalue weighted by Crippen LogP contribution is 2.31. The molecule has 0 atom stereocenters. The predicted molar refractivity (Wildman–Crippen MR) is 72.8 cm³/mol. The molecule has 0 saturated heterocycles. The van der Waals surface area contributed by atoms with Gasteiger partial charge in [0.15, 0.2) is 0 Å². The second-order valence-corrected chi connectivity index (χ2v) is 5.95. The van der Waals surface area contributed by atoms with E-state index in [-0.39, 0.29) is 0 Å². The largest absolute Gasteiger partial charge is 0.314 e. The minimum atomic E-state index is 0.795. The number of aromatic nitrogens is 1. The van der Waals surface area contributed by atoms with Crippen LogP contribution in [0.1, 0.15) is 11.3 Å². The third kappa shape index (κ3) is 2.51. The van der Waals surface area contributed by atoms with Gasteiger partial charge < -0.3 is 5.32 Å². The quantitative estimate of drug-likeness (QED) is 0.936. The Kier molecular flexibility index (Phi) is 3.74. The van der Waals surface area contributed by atoms with Crippen molar-refractivity contribution in [3.05, 3.63) is 39.3 Å². The summed E-state index contributed by atoms with van der Waals surface area (Å²) in [5.74, 6) is 0. The van der Waals surface area contributed by atoms with E-state index in [2.05, 4.69) is 57.4 Å². The highest BCUT2D eigenvalue weighted by Gasteiger charge is 2.09. The molecule has 2 rings (SSSR count). The molecule has 1 N–H and O–H groups in total. The van der Waals surface area contributed by atoms with Crippen LogP contribution in [0.3, 0.4) is 0 Å². The first-order valence-corrected chi connectivity index (χ1v) is 6.68. The van der Waals surface area contributed by atoms with Crippen LogP contribution in [0.2, 0.25) is 0 Å². The molecule has 0 aliphatic carbocycles. The second-order valence-electron chi connectivity index (χ2n) is 3.64. The lowest BCUT2D eigenvalue weighted by Gasteiger charge is -1.96. The van der Waals surface area contributed by atoms with Crippen molar-refractivity contribution < 1.29 is 0 Å². The number of hydrogen-bond acceptors (Lipinski definition) is 3. The lowest BCUT2D eigenvalue weighted by Crippen LogP contribution is -2.05. The molecule has 0 bridgehead atoms. The van der Waals surface area contributed by atoms with Gasteiger partial charge >= 0.3 is 0 Å². The van der Waals surface area contributed by atoms with Crippen LogP contribution in [0, 0.1) is 6.92 Å². The Morgan fingerprint density at radius 2 is 2.00 bits per heavy atom. The SMILES string of the molecule is CNCc1nc(-c2ccc(C)cc2)sc1Br. The Morgan fingerprint density at radius 1 is 1.31 bits per heavy atom. The zero-order valence-electron chi connectivity index (χ0n) is 9.25. The molecule has 16 heavy (non-hydrogen) atoms. The molecular weight excluding hydrogens is 284 g/mol. The van der Waals surface area contributed by atoms with Crippen LogP contribution >= 0.6 is 27.3 Å². The monoisotopic (exact) mass is 296 g/mol. The number of nitrogens with one attached hydrogen (secondary N) is 1. The van der Waals surface area contributed by atoms with Crippen LogP contribution in [-0.4, -0.2) is 12.0 Å². The number of halogens is 1. The van der Waals surface area contributed by atoms with E-state index in [0.717, 1.165) is 21.0 Å². The van der Waals surface area contributed by atoms with Crippen molar-refractivity contribution in [3.63, 3.8) is 0 Å². The van der Waals surface area contributed by atoms with Crippen LogP contribution < -0.4 is 5.32 Å². The van der Waals surface area contributed by atoms with Gasteiger partial charge in [-0.3, -0.25) is 0 Å². The molecule has 0 unspecified atom stereocenters. The highest BCUT2D eigenvalue weighted by atomic mass is 79.9. The van der Waals surface area contributed by atoms with Gasteiger partial charge in [0.25, 0.3) is 0 Å². The fourth-order valence-corrected chi connectivity index (χ4v) is 2.93. The first-order chi connectivity index (χ1) is 7.70. The van der Waals surface area contributed by atoms with Gasteiger partial charge in [0.2, 0.25) is 0 Å². The lowest BCUT2D eigenvalue weighted by atomic mass is 10.2. The molecule has 0 saturated carbocycles. The molecular formula is C12H13BrN2S. The topological polar surface area (TPSA) is 24.9 Å². The number of thiazole rings is 1. The molecule has 0 spiro atoms. The summed E-state index contributed by atoms with van der Waals surface area (Å²) in [5.41, 5.74) is 3.52. The molecule has 1 aromatic carbocycles. The lowest BCUT2D eigenvalue weighted by molar-refractivity contribution is 0.795. The smallest absolute Gasteiger partial charge is 0.124 e. The number of aryl methyl sites for hydroxylation is 1. The summed E-state index contributed by atoms with van der Waals surface area (Å²) in [6.45, 7) is 2.89. The average Bonchev–Trinajstić information content (AvgIpc) is 2.62. The first kappa shape index (κ1) is 11.8. The van der Waals surface area contributed by atoms with E-state index in [1.165, 1.54) is 11.1 Å². The molecule has 2 aromatic rings. The Balaban J connectivity index is 2.33. The van der Waals surface area contributed by atoms with E-state index in [1.54, 1.807) is 11.3 Å². The van der Waals surface area contributed by atoms with E-state index in [1.807, 2.05) is 7.05 Å². The van der Waals surface area contributed by atoms with Gasteiger partial charge in [-0.1, -0.05) is 29.8 Å². The van der Waals surface area contributed by atoms with Crippen LogP contribution in [0.15, 0.2) is 28.1 Å². The van der Waals surface area contributed by atoms with Crippen molar-refractivity contribution >= 4 is 27.3 Å². The maximum absolute atomic E-state index is 4.61. The van der Waals surface area contributed by atoms with E-state index in [9.17, 15) is 0 Å². The molecule has 4 heteroatoms. The van der Waals surface area contributed by atoms with Crippen molar-refractivity contribution in [2.24, 2.45) is 0 Å². The normalized spacial score (nSPS) is 10.7. The minimum absolute atomic E-state index is 0.795. The van der Waals surface area contributed by atoms with Crippen molar-refractivity contribution in [3.8, 4) is 10.6 Å². The number of nitrogens with zero attached hydrogens (tertiary/aromatic N) is 1. The molecule has 0 amide bonds. The van der Waals surface area contributed by atoms with E-state index in [4.69, 9.17) is 0 Å². The maximum Gasteiger partial charge on any atom is 0.124 e. The summed E-state index contributed by atoms with van der Waals surface area (Å²) >= 11 is 5.22. The van der Waals surface area contributed by atoms with E-state index >= 15 is 0 Å². The van der Waals surface area contributed by atoms with Crippen molar-refractivity contribution in [1.82, 2.24) is 10.3 Å². The summed E-state index contributed by atoms with van der Waals surface area (Å²) < 4.78 is 1.11. The molecule has 0 radical (unpaired) electrons. The minimum Gasteiger partial charge on any atom is -0.314 e. The van der Waals surface area contributed by atoms with Crippen LogP contribution in [0.5, 0.6) is 0 Å². The van der Waals surface area contributed by atoms with Crippen molar-refractivity contribution in [1.29, 1.82) is 0 Å². The Hall–Kier alpha value is -0.710. The predicted octanol–water partition coefficient (Wildman–Crippen LogP) is 3.60. The summed E-state index contributed by atoms with van der Waals surface area (Å²) in [6, 6.07) is 8.46. The molecule has 0 aliphatic rings. The van der Waals surface area contributed by atoms with Crippen molar-refractivity contribution in [2.75, 3.05) is 7.05 Å². The van der Waals surface area contributed by atoms with Crippen LogP contribution in [0.25, 0.3) is 10.6 Å². The Morgan fingerprint density at radius 3 is 2.62 bits per heavy atom. The molecule has 1 heterocycles. The van der Waals surface area contributed by atoms with Gasteiger partial charge in [0.1, 0.15) is 5.01 Å². The van der Waals surface area contributed by atoms with Gasteiger partial charge in [-0.15, -0.1) is 11.3 Å². The average molecular weight is 297 g/mol. The molecule has 2 nitrogen and oxygen atoms in total. The summed E-state index contributed by atoms with van der Waals surface area (Å²) in [7, 11) is 1.93. The molecule has 0 aliphatic heterocycles.